The summed E-state index contributed by atoms with van der Waals surface area (Å²) in [5.74, 6) is -0.267. The molecule has 0 saturated carbocycles. The van der Waals surface area contributed by atoms with E-state index in [4.69, 9.17) is 0 Å². The number of hydrogen-bond acceptors (Lipinski definition) is 4. The third-order valence-electron chi connectivity index (χ3n) is 2.87. The molecule has 1 atom stereocenters. The van der Waals surface area contributed by atoms with Crippen LogP contribution < -0.4 is 5.32 Å². The van der Waals surface area contributed by atoms with Gasteiger partial charge in [0.2, 0.25) is 0 Å². The highest BCUT2D eigenvalue weighted by Crippen LogP contribution is 2.29. The number of nitrogens with zero attached hydrogens (tertiary/aromatic N) is 3. The molecule has 1 unspecified atom stereocenters. The first-order valence-electron chi connectivity index (χ1n) is 6.55. The Morgan fingerprint density at radius 1 is 1.30 bits per heavy atom. The number of amides is 1. The number of carbonyl (C=O) groups excluding carboxylic acids is 1. The summed E-state index contributed by atoms with van der Waals surface area (Å²) >= 11 is 0. The molecule has 0 fully saturated rings. The van der Waals surface area contributed by atoms with Crippen molar-refractivity contribution in [1.82, 2.24) is 25.9 Å². The Labute approximate surface area is 118 Å². The molecule has 0 radical (unpaired) electrons. The standard InChI is InChI=1S/C14H19N5O/c1-14(2,3)9-11(10-7-5-4-6-8-10)15-13(20)12-16-18-19-17-12/h4-8,11H,9H2,1-3H3,(H,15,20)(H,16,17,18,19). The van der Waals surface area contributed by atoms with Crippen LogP contribution in [0.5, 0.6) is 0 Å². The fourth-order valence-corrected chi connectivity index (χ4v) is 2.03. The van der Waals surface area contributed by atoms with E-state index in [1.54, 1.807) is 0 Å². The fourth-order valence-electron chi connectivity index (χ4n) is 2.03. The maximum Gasteiger partial charge on any atom is 0.293 e. The highest BCUT2D eigenvalue weighted by molar-refractivity contribution is 5.90. The molecule has 0 bridgehead atoms. The molecule has 2 N–H and O–H groups in total. The van der Waals surface area contributed by atoms with Gasteiger partial charge in [0.1, 0.15) is 0 Å². The lowest BCUT2D eigenvalue weighted by molar-refractivity contribution is 0.0916. The minimum absolute atomic E-state index is 0.0554. The number of benzene rings is 1. The van der Waals surface area contributed by atoms with Gasteiger partial charge in [0.05, 0.1) is 6.04 Å². The average Bonchev–Trinajstić information content (AvgIpc) is 2.91. The van der Waals surface area contributed by atoms with Crippen LogP contribution in [0.2, 0.25) is 0 Å². The molecule has 0 aliphatic carbocycles. The van der Waals surface area contributed by atoms with Gasteiger partial charge in [0.15, 0.2) is 0 Å². The second-order valence-corrected chi connectivity index (χ2v) is 5.94. The number of hydrogen-bond donors (Lipinski definition) is 2. The molecule has 1 amide bonds. The molecule has 6 nitrogen and oxygen atoms in total. The monoisotopic (exact) mass is 273 g/mol. The van der Waals surface area contributed by atoms with E-state index in [0.29, 0.717) is 0 Å². The third-order valence-corrected chi connectivity index (χ3v) is 2.87. The van der Waals surface area contributed by atoms with Gasteiger partial charge in [0.25, 0.3) is 11.7 Å². The molecule has 2 aromatic rings. The van der Waals surface area contributed by atoms with Crippen molar-refractivity contribution in [1.29, 1.82) is 0 Å². The lowest BCUT2D eigenvalue weighted by Gasteiger charge is -2.26. The average molecular weight is 273 g/mol. The second kappa shape index (κ2) is 5.81. The van der Waals surface area contributed by atoms with Crippen LogP contribution in [0.15, 0.2) is 30.3 Å². The Morgan fingerprint density at radius 3 is 2.55 bits per heavy atom. The van der Waals surface area contributed by atoms with Crippen LogP contribution in [-0.2, 0) is 0 Å². The number of aromatic nitrogens is 4. The van der Waals surface area contributed by atoms with Crippen molar-refractivity contribution < 1.29 is 4.79 Å². The van der Waals surface area contributed by atoms with Gasteiger partial charge in [-0.3, -0.25) is 4.79 Å². The van der Waals surface area contributed by atoms with E-state index >= 15 is 0 Å². The number of nitrogens with one attached hydrogen (secondary N) is 2. The van der Waals surface area contributed by atoms with Gasteiger partial charge < -0.3 is 5.32 Å². The van der Waals surface area contributed by atoms with Gasteiger partial charge >= 0.3 is 0 Å². The van der Waals surface area contributed by atoms with E-state index < -0.39 is 0 Å². The summed E-state index contributed by atoms with van der Waals surface area (Å²) in [5, 5.41) is 16.0. The quantitative estimate of drug-likeness (QED) is 0.893. The molecular formula is C14H19N5O. The zero-order chi connectivity index (χ0) is 14.6. The van der Waals surface area contributed by atoms with Crippen LogP contribution in [0.3, 0.4) is 0 Å². The largest absolute Gasteiger partial charge is 0.342 e. The molecule has 1 aromatic carbocycles. The van der Waals surface area contributed by atoms with Gasteiger partial charge in [-0.2, -0.15) is 5.21 Å². The SMILES string of the molecule is CC(C)(C)CC(NC(=O)c1nn[nH]n1)c1ccccc1. The summed E-state index contributed by atoms with van der Waals surface area (Å²) in [6.45, 7) is 6.43. The van der Waals surface area contributed by atoms with Crippen molar-refractivity contribution >= 4 is 5.91 Å². The molecule has 0 aliphatic heterocycles. The fraction of sp³-hybridized carbons (Fsp3) is 0.429. The molecule has 1 aromatic heterocycles. The second-order valence-electron chi connectivity index (χ2n) is 5.94. The van der Waals surface area contributed by atoms with Crippen LogP contribution >= 0.6 is 0 Å². The van der Waals surface area contributed by atoms with Crippen LogP contribution in [0.25, 0.3) is 0 Å². The number of aromatic amines is 1. The number of tetrazole rings is 1. The summed E-state index contributed by atoms with van der Waals surface area (Å²) < 4.78 is 0. The number of rotatable bonds is 4. The summed E-state index contributed by atoms with van der Waals surface area (Å²) in [7, 11) is 0. The summed E-state index contributed by atoms with van der Waals surface area (Å²) in [5.41, 5.74) is 1.16. The van der Waals surface area contributed by atoms with Crippen LogP contribution in [0, 0.1) is 5.41 Å². The molecule has 0 saturated heterocycles. The maximum atomic E-state index is 12.1. The maximum absolute atomic E-state index is 12.1. The predicted molar refractivity (Wildman–Crippen MR) is 74.9 cm³/mol. The lowest BCUT2D eigenvalue weighted by Crippen LogP contribution is -2.32. The van der Waals surface area contributed by atoms with Crippen LogP contribution in [0.1, 0.15) is 49.4 Å². The van der Waals surface area contributed by atoms with E-state index in [1.165, 1.54) is 0 Å². The first kappa shape index (κ1) is 14.2. The Balaban J connectivity index is 2.17. The van der Waals surface area contributed by atoms with Crippen molar-refractivity contribution in [3.05, 3.63) is 41.7 Å². The van der Waals surface area contributed by atoms with E-state index in [1.807, 2.05) is 30.3 Å². The summed E-state index contributed by atoms with van der Waals surface area (Å²) in [6.07, 6.45) is 0.820. The molecule has 0 aliphatic rings. The lowest BCUT2D eigenvalue weighted by atomic mass is 9.85. The zero-order valence-corrected chi connectivity index (χ0v) is 11.9. The van der Waals surface area contributed by atoms with E-state index in [0.717, 1.165) is 12.0 Å². The predicted octanol–water partition coefficient (Wildman–Crippen LogP) is 2.11. The van der Waals surface area contributed by atoms with Gasteiger partial charge in [-0.15, -0.1) is 10.2 Å². The minimum atomic E-state index is -0.322. The Hall–Kier alpha value is -2.24. The molecule has 106 valence electrons. The molecule has 20 heavy (non-hydrogen) atoms. The van der Waals surface area contributed by atoms with Crippen molar-refractivity contribution in [2.45, 2.75) is 33.2 Å². The first-order valence-corrected chi connectivity index (χ1v) is 6.55. The molecule has 2 rings (SSSR count). The van der Waals surface area contributed by atoms with Crippen molar-refractivity contribution in [3.63, 3.8) is 0 Å². The molecule has 1 heterocycles. The Kier molecular flexibility index (Phi) is 4.12. The van der Waals surface area contributed by atoms with E-state index in [9.17, 15) is 4.79 Å². The Morgan fingerprint density at radius 2 is 2.00 bits per heavy atom. The number of H-pyrrole nitrogens is 1. The topological polar surface area (TPSA) is 83.6 Å². The highest BCUT2D eigenvalue weighted by atomic mass is 16.2. The molecule has 0 spiro atoms. The molecular weight excluding hydrogens is 254 g/mol. The summed E-state index contributed by atoms with van der Waals surface area (Å²) in [4.78, 5) is 12.1. The number of carbonyl (C=O) groups is 1. The first-order chi connectivity index (χ1) is 9.46. The van der Waals surface area contributed by atoms with Gasteiger partial charge in [-0.1, -0.05) is 51.1 Å². The minimum Gasteiger partial charge on any atom is -0.342 e. The van der Waals surface area contributed by atoms with Gasteiger partial charge in [-0.05, 0) is 22.6 Å². The van der Waals surface area contributed by atoms with Crippen LogP contribution in [-0.4, -0.2) is 26.5 Å². The van der Waals surface area contributed by atoms with Gasteiger partial charge in [-0.25, -0.2) is 0 Å². The van der Waals surface area contributed by atoms with Crippen molar-refractivity contribution in [2.75, 3.05) is 0 Å². The van der Waals surface area contributed by atoms with Crippen molar-refractivity contribution in [3.8, 4) is 0 Å². The highest BCUT2D eigenvalue weighted by Gasteiger charge is 2.23. The Bertz CT molecular complexity index is 545. The summed E-state index contributed by atoms with van der Waals surface area (Å²) in [6, 6.07) is 9.82. The normalized spacial score (nSPS) is 12.9. The van der Waals surface area contributed by atoms with Crippen LogP contribution in [0.4, 0.5) is 0 Å². The molecule has 6 heteroatoms. The zero-order valence-electron chi connectivity index (χ0n) is 11.9. The van der Waals surface area contributed by atoms with E-state index in [2.05, 4.69) is 46.7 Å². The van der Waals surface area contributed by atoms with E-state index in [-0.39, 0.29) is 23.2 Å². The third kappa shape index (κ3) is 3.88. The van der Waals surface area contributed by atoms with Crippen molar-refractivity contribution in [2.24, 2.45) is 5.41 Å². The smallest absolute Gasteiger partial charge is 0.293 e. The van der Waals surface area contributed by atoms with Gasteiger partial charge in [0, 0.05) is 0 Å².